The van der Waals surface area contributed by atoms with Crippen molar-refractivity contribution < 1.29 is 14.3 Å². The van der Waals surface area contributed by atoms with Crippen LogP contribution < -0.4 is 10.1 Å². The number of carbonyl (C=O) groups excluding carboxylic acids is 2. The number of likely N-dealkylation sites (tertiary alicyclic amines) is 1. The maximum absolute atomic E-state index is 13.0. The van der Waals surface area contributed by atoms with Gasteiger partial charge in [0.05, 0.1) is 11.6 Å². The summed E-state index contributed by atoms with van der Waals surface area (Å²) in [5, 5.41) is 12.2. The molecule has 0 radical (unpaired) electrons. The lowest BCUT2D eigenvalue weighted by Crippen LogP contribution is -2.42. The minimum Gasteiger partial charge on any atom is -0.489 e. The largest absolute Gasteiger partial charge is 0.489 e. The molecular weight excluding hydrogens is 428 g/mol. The summed E-state index contributed by atoms with van der Waals surface area (Å²) in [5.74, 6) is 0.417. The van der Waals surface area contributed by atoms with E-state index in [9.17, 15) is 14.9 Å². The lowest BCUT2D eigenvalue weighted by Gasteiger charge is -2.31. The number of hydrogen-bond donors (Lipinski definition) is 1. The zero-order valence-electron chi connectivity index (χ0n) is 18.8. The summed E-state index contributed by atoms with van der Waals surface area (Å²) in [4.78, 5) is 31.4. The highest BCUT2D eigenvalue weighted by molar-refractivity contribution is 5.94. The molecule has 4 rings (SSSR count). The number of nitrogens with one attached hydrogen (secondary N) is 1. The van der Waals surface area contributed by atoms with E-state index in [4.69, 9.17) is 4.74 Å². The Morgan fingerprint density at radius 3 is 2.68 bits per heavy atom. The SMILES string of the molecule is N#Cc1ccccc1COc1cccc(C(=O)N2CCC(C(=O)NCc3cccnc3)CC2)c1. The quantitative estimate of drug-likeness (QED) is 0.587. The Hall–Kier alpha value is -4.18. The van der Waals surface area contributed by atoms with Gasteiger partial charge in [0.2, 0.25) is 5.91 Å². The molecule has 0 unspecified atom stereocenters. The summed E-state index contributed by atoms with van der Waals surface area (Å²) < 4.78 is 5.85. The van der Waals surface area contributed by atoms with E-state index in [1.165, 1.54) is 0 Å². The summed E-state index contributed by atoms with van der Waals surface area (Å²) in [7, 11) is 0. The molecule has 172 valence electrons. The van der Waals surface area contributed by atoms with Gasteiger partial charge in [-0.1, -0.05) is 30.3 Å². The molecule has 1 fully saturated rings. The summed E-state index contributed by atoms with van der Waals surface area (Å²) in [6, 6.07) is 20.3. The lowest BCUT2D eigenvalue weighted by atomic mass is 9.95. The van der Waals surface area contributed by atoms with Gasteiger partial charge in [0.15, 0.2) is 0 Å². The first kappa shape index (κ1) is 23.0. The average molecular weight is 455 g/mol. The van der Waals surface area contributed by atoms with Crippen LogP contribution in [-0.4, -0.2) is 34.8 Å². The van der Waals surface area contributed by atoms with E-state index in [0.717, 1.165) is 11.1 Å². The molecule has 0 saturated carbocycles. The minimum absolute atomic E-state index is 0.0176. The van der Waals surface area contributed by atoms with Crippen LogP contribution in [0.1, 0.15) is 39.9 Å². The molecule has 1 aromatic heterocycles. The number of carbonyl (C=O) groups is 2. The third-order valence-corrected chi connectivity index (χ3v) is 5.96. The Balaban J connectivity index is 1.29. The van der Waals surface area contributed by atoms with Crippen LogP contribution in [0.15, 0.2) is 73.1 Å². The topological polar surface area (TPSA) is 95.3 Å². The fourth-order valence-corrected chi connectivity index (χ4v) is 4.00. The van der Waals surface area contributed by atoms with Gasteiger partial charge >= 0.3 is 0 Å². The molecule has 0 atom stereocenters. The second kappa shape index (κ2) is 11.1. The van der Waals surface area contributed by atoms with E-state index >= 15 is 0 Å². The van der Waals surface area contributed by atoms with E-state index in [2.05, 4.69) is 16.4 Å². The molecule has 2 amide bonds. The number of pyridine rings is 1. The molecule has 3 aromatic rings. The fraction of sp³-hybridized carbons (Fsp3) is 0.259. The normalized spacial score (nSPS) is 13.7. The Morgan fingerprint density at radius 1 is 1.09 bits per heavy atom. The molecule has 0 spiro atoms. The fourth-order valence-electron chi connectivity index (χ4n) is 4.00. The van der Waals surface area contributed by atoms with Gasteiger partial charge in [-0.15, -0.1) is 0 Å². The number of ether oxygens (including phenoxy) is 1. The average Bonchev–Trinajstić information content (AvgIpc) is 2.91. The monoisotopic (exact) mass is 454 g/mol. The maximum atomic E-state index is 13.0. The van der Waals surface area contributed by atoms with Crippen LogP contribution >= 0.6 is 0 Å². The van der Waals surface area contributed by atoms with Gasteiger partial charge < -0.3 is 15.0 Å². The molecule has 1 N–H and O–H groups in total. The summed E-state index contributed by atoms with van der Waals surface area (Å²) in [5.41, 5.74) is 2.87. The van der Waals surface area contributed by atoms with Gasteiger partial charge in [0.1, 0.15) is 12.4 Å². The summed E-state index contributed by atoms with van der Waals surface area (Å²) in [6.45, 7) is 1.77. The molecule has 1 aliphatic rings. The Bertz CT molecular complexity index is 1180. The molecular formula is C27H26N4O3. The van der Waals surface area contributed by atoms with Crippen LogP contribution in [0.4, 0.5) is 0 Å². The molecule has 0 aliphatic carbocycles. The minimum atomic E-state index is -0.101. The zero-order valence-corrected chi connectivity index (χ0v) is 18.8. The van der Waals surface area contributed by atoms with E-state index < -0.39 is 0 Å². The van der Waals surface area contributed by atoms with Crippen LogP contribution in [0.3, 0.4) is 0 Å². The molecule has 7 heteroatoms. The molecule has 1 saturated heterocycles. The van der Waals surface area contributed by atoms with Crippen LogP contribution in [0.5, 0.6) is 5.75 Å². The molecule has 1 aliphatic heterocycles. The standard InChI is InChI=1S/C27H26N4O3/c28-16-23-6-1-2-7-24(23)19-34-25-9-3-8-22(15-25)27(33)31-13-10-21(11-14-31)26(32)30-18-20-5-4-12-29-17-20/h1-9,12,15,17,21H,10-11,13-14,18-19H2,(H,30,32). The Kier molecular flexibility index (Phi) is 7.51. The molecule has 34 heavy (non-hydrogen) atoms. The van der Waals surface area contributed by atoms with Crippen LogP contribution in [0.2, 0.25) is 0 Å². The molecule has 7 nitrogen and oxygen atoms in total. The van der Waals surface area contributed by atoms with E-state index in [0.29, 0.717) is 49.4 Å². The molecule has 0 bridgehead atoms. The van der Waals surface area contributed by atoms with Crippen molar-refractivity contribution in [1.29, 1.82) is 5.26 Å². The summed E-state index contributed by atoms with van der Waals surface area (Å²) in [6.07, 6.45) is 4.70. The van der Waals surface area contributed by atoms with Crippen molar-refractivity contribution in [3.05, 3.63) is 95.3 Å². The van der Waals surface area contributed by atoms with Crippen LogP contribution in [-0.2, 0) is 17.9 Å². The van der Waals surface area contributed by atoms with Crippen molar-refractivity contribution in [3.8, 4) is 11.8 Å². The van der Waals surface area contributed by atoms with Crippen LogP contribution in [0.25, 0.3) is 0 Å². The maximum Gasteiger partial charge on any atom is 0.253 e. The number of aromatic nitrogens is 1. The van der Waals surface area contributed by atoms with Gasteiger partial charge in [-0.05, 0) is 48.7 Å². The first-order valence-corrected chi connectivity index (χ1v) is 11.3. The lowest BCUT2D eigenvalue weighted by molar-refractivity contribution is -0.126. The highest BCUT2D eigenvalue weighted by Crippen LogP contribution is 2.22. The Morgan fingerprint density at radius 2 is 1.91 bits per heavy atom. The Labute approximate surface area is 199 Å². The van der Waals surface area contributed by atoms with Crippen molar-refractivity contribution >= 4 is 11.8 Å². The van der Waals surface area contributed by atoms with Crippen molar-refractivity contribution in [2.75, 3.05) is 13.1 Å². The third kappa shape index (κ3) is 5.78. The smallest absolute Gasteiger partial charge is 0.253 e. The third-order valence-electron chi connectivity index (χ3n) is 5.96. The first-order chi connectivity index (χ1) is 16.6. The molecule has 2 aromatic carbocycles. The van der Waals surface area contributed by atoms with Crippen molar-refractivity contribution in [1.82, 2.24) is 15.2 Å². The summed E-state index contributed by atoms with van der Waals surface area (Å²) >= 11 is 0. The van der Waals surface area contributed by atoms with Crippen molar-refractivity contribution in [2.45, 2.75) is 26.0 Å². The first-order valence-electron chi connectivity index (χ1n) is 11.3. The zero-order chi connectivity index (χ0) is 23.8. The number of hydrogen-bond acceptors (Lipinski definition) is 5. The number of nitriles is 1. The van der Waals surface area contributed by atoms with E-state index in [-0.39, 0.29) is 24.3 Å². The predicted molar refractivity (Wildman–Crippen MR) is 127 cm³/mol. The second-order valence-corrected chi connectivity index (χ2v) is 8.23. The van der Waals surface area contributed by atoms with Crippen molar-refractivity contribution in [2.24, 2.45) is 5.92 Å². The van der Waals surface area contributed by atoms with Crippen molar-refractivity contribution in [3.63, 3.8) is 0 Å². The number of piperidine rings is 1. The number of benzene rings is 2. The molecule has 2 heterocycles. The number of rotatable bonds is 7. The predicted octanol–water partition coefficient (Wildman–Crippen LogP) is 3.70. The highest BCUT2D eigenvalue weighted by Gasteiger charge is 2.27. The van der Waals surface area contributed by atoms with Gasteiger partial charge in [0, 0.05) is 49.1 Å². The van der Waals surface area contributed by atoms with Gasteiger partial charge in [0.25, 0.3) is 5.91 Å². The number of amides is 2. The second-order valence-electron chi connectivity index (χ2n) is 8.23. The van der Waals surface area contributed by atoms with E-state index in [1.807, 2.05) is 30.3 Å². The van der Waals surface area contributed by atoms with Gasteiger partial charge in [-0.3, -0.25) is 14.6 Å². The van der Waals surface area contributed by atoms with Crippen LogP contribution in [0, 0.1) is 17.2 Å². The van der Waals surface area contributed by atoms with Gasteiger partial charge in [-0.2, -0.15) is 5.26 Å². The van der Waals surface area contributed by atoms with E-state index in [1.54, 1.807) is 47.6 Å². The van der Waals surface area contributed by atoms with Gasteiger partial charge in [-0.25, -0.2) is 0 Å². The number of nitrogens with zero attached hydrogens (tertiary/aromatic N) is 3. The highest BCUT2D eigenvalue weighted by atomic mass is 16.5.